The van der Waals surface area contributed by atoms with Gasteiger partial charge in [-0.05, 0) is 19.4 Å². The second-order valence-electron chi connectivity index (χ2n) is 4.08. The van der Waals surface area contributed by atoms with E-state index in [1.165, 1.54) is 27.2 Å². The number of rotatable bonds is 2. The third kappa shape index (κ3) is 1.77. The molecular formula is C12H11N3O2S2. The summed E-state index contributed by atoms with van der Waals surface area (Å²) in [6.07, 6.45) is 1.73. The quantitative estimate of drug-likeness (QED) is 0.787. The largest absolute Gasteiger partial charge is 0.329 e. The molecule has 0 fully saturated rings. The third-order valence-electron chi connectivity index (χ3n) is 3.01. The molecule has 0 saturated heterocycles. The van der Waals surface area contributed by atoms with Crippen LogP contribution in [-0.4, -0.2) is 14.5 Å². The number of hydrogen-bond donors (Lipinski definition) is 1. The van der Waals surface area contributed by atoms with Crippen LogP contribution in [0, 0.1) is 6.92 Å². The van der Waals surface area contributed by atoms with Crippen molar-refractivity contribution in [1.29, 1.82) is 0 Å². The second-order valence-corrected chi connectivity index (χ2v) is 5.99. The molecular weight excluding hydrogens is 282 g/mol. The minimum Gasteiger partial charge on any atom is -0.298 e. The molecule has 3 aromatic rings. The first-order chi connectivity index (χ1) is 9.13. The smallest absolute Gasteiger partial charge is 0.298 e. The van der Waals surface area contributed by atoms with Crippen LogP contribution in [0.25, 0.3) is 20.1 Å². The molecule has 0 bridgehead atoms. The van der Waals surface area contributed by atoms with Crippen LogP contribution in [0.4, 0.5) is 0 Å². The Morgan fingerprint density at radius 3 is 2.84 bits per heavy atom. The second kappa shape index (κ2) is 4.43. The van der Waals surface area contributed by atoms with E-state index < -0.39 is 0 Å². The summed E-state index contributed by atoms with van der Waals surface area (Å²) in [7, 11) is 0. The number of H-pyrrole nitrogens is 1. The van der Waals surface area contributed by atoms with Gasteiger partial charge in [-0.25, -0.2) is 9.78 Å². The Kier molecular flexibility index (Phi) is 2.87. The first kappa shape index (κ1) is 12.3. The van der Waals surface area contributed by atoms with Crippen LogP contribution >= 0.6 is 22.7 Å². The normalized spacial score (nSPS) is 11.3. The van der Waals surface area contributed by atoms with Gasteiger partial charge in [-0.2, -0.15) is 0 Å². The Labute approximate surface area is 116 Å². The molecule has 3 heterocycles. The average Bonchev–Trinajstić information content (AvgIpc) is 2.97. The molecule has 0 spiro atoms. The van der Waals surface area contributed by atoms with E-state index in [-0.39, 0.29) is 11.2 Å². The van der Waals surface area contributed by atoms with Gasteiger partial charge in [-0.15, -0.1) is 22.7 Å². The Bertz CT molecular complexity index is 856. The first-order valence-electron chi connectivity index (χ1n) is 5.79. The SMILES string of the molecule is CCn1c(=O)[nH]c2sc(-c3nccs3)c(C)c2c1=O. The molecule has 98 valence electrons. The summed E-state index contributed by atoms with van der Waals surface area (Å²) in [5.41, 5.74) is 0.308. The van der Waals surface area contributed by atoms with Gasteiger partial charge < -0.3 is 0 Å². The summed E-state index contributed by atoms with van der Waals surface area (Å²) in [6, 6.07) is 0. The van der Waals surface area contributed by atoms with Crippen LogP contribution in [0.5, 0.6) is 0 Å². The molecule has 5 nitrogen and oxygen atoms in total. The van der Waals surface area contributed by atoms with Crippen LogP contribution in [-0.2, 0) is 6.54 Å². The molecule has 0 saturated carbocycles. The topological polar surface area (TPSA) is 67.8 Å². The zero-order valence-electron chi connectivity index (χ0n) is 10.4. The van der Waals surface area contributed by atoms with Gasteiger partial charge in [0.1, 0.15) is 9.84 Å². The highest BCUT2D eigenvalue weighted by Gasteiger charge is 2.17. The predicted octanol–water partition coefficient (Wildman–Crippen LogP) is 2.20. The molecule has 0 aliphatic rings. The minimum absolute atomic E-state index is 0.224. The Morgan fingerprint density at radius 1 is 1.42 bits per heavy atom. The molecule has 0 aliphatic heterocycles. The fraction of sp³-hybridized carbons (Fsp3) is 0.250. The zero-order valence-corrected chi connectivity index (χ0v) is 12.0. The highest BCUT2D eigenvalue weighted by atomic mass is 32.1. The summed E-state index contributed by atoms with van der Waals surface area (Å²) in [4.78, 5) is 32.7. The standard InChI is InChI=1S/C12H11N3O2S2/c1-3-15-11(16)7-6(2)8(10-13-4-5-18-10)19-9(7)14-12(15)17/h4-5H,3H2,1-2H3,(H,14,17). The summed E-state index contributed by atoms with van der Waals surface area (Å²) in [5.74, 6) is 0. The van der Waals surface area contributed by atoms with Crippen molar-refractivity contribution in [2.24, 2.45) is 0 Å². The number of hydrogen-bond acceptors (Lipinski definition) is 5. The Hall–Kier alpha value is -1.73. The lowest BCUT2D eigenvalue weighted by molar-refractivity contribution is 0.685. The number of nitrogens with zero attached hydrogens (tertiary/aromatic N) is 2. The molecule has 0 amide bonds. The molecule has 1 N–H and O–H groups in total. The zero-order chi connectivity index (χ0) is 13.6. The summed E-state index contributed by atoms with van der Waals surface area (Å²) in [5, 5.41) is 3.37. The number of aryl methyl sites for hydroxylation is 1. The molecule has 3 aromatic heterocycles. The van der Waals surface area contributed by atoms with Crippen molar-refractivity contribution in [3.8, 4) is 9.88 Å². The van der Waals surface area contributed by atoms with Crippen LogP contribution in [0.3, 0.4) is 0 Å². The number of fused-ring (bicyclic) bond motifs is 1. The fourth-order valence-electron chi connectivity index (χ4n) is 2.08. The van der Waals surface area contributed by atoms with Gasteiger partial charge >= 0.3 is 5.69 Å². The van der Waals surface area contributed by atoms with E-state index in [1.54, 1.807) is 13.1 Å². The lowest BCUT2D eigenvalue weighted by atomic mass is 10.2. The molecule has 0 unspecified atom stereocenters. The van der Waals surface area contributed by atoms with Crippen LogP contribution in [0.15, 0.2) is 21.2 Å². The first-order valence-corrected chi connectivity index (χ1v) is 7.49. The number of nitrogens with one attached hydrogen (secondary N) is 1. The Morgan fingerprint density at radius 2 is 2.21 bits per heavy atom. The minimum atomic E-state index is -0.355. The third-order valence-corrected chi connectivity index (χ3v) is 5.15. The van der Waals surface area contributed by atoms with E-state index in [0.717, 1.165) is 15.4 Å². The van der Waals surface area contributed by atoms with Gasteiger partial charge in [0.2, 0.25) is 0 Å². The average molecular weight is 293 g/mol. The molecule has 0 radical (unpaired) electrons. The van der Waals surface area contributed by atoms with E-state index in [4.69, 9.17) is 0 Å². The number of thiazole rings is 1. The highest BCUT2D eigenvalue weighted by molar-refractivity contribution is 7.25. The molecule has 0 aromatic carbocycles. The van der Waals surface area contributed by atoms with Gasteiger partial charge in [0.15, 0.2) is 0 Å². The van der Waals surface area contributed by atoms with Gasteiger partial charge in [-0.3, -0.25) is 14.3 Å². The molecule has 3 rings (SSSR count). The fourth-order valence-corrected chi connectivity index (χ4v) is 4.06. The van der Waals surface area contributed by atoms with Crippen molar-refractivity contribution < 1.29 is 0 Å². The van der Waals surface area contributed by atoms with Crippen molar-refractivity contribution >= 4 is 32.9 Å². The van der Waals surface area contributed by atoms with Gasteiger partial charge in [0.25, 0.3) is 5.56 Å². The monoisotopic (exact) mass is 293 g/mol. The maximum Gasteiger partial charge on any atom is 0.329 e. The van der Waals surface area contributed by atoms with Gasteiger partial charge in [0.05, 0.1) is 10.3 Å². The summed E-state index contributed by atoms with van der Waals surface area (Å²) in [6.45, 7) is 4.05. The van der Waals surface area contributed by atoms with Crippen LogP contribution in [0.1, 0.15) is 12.5 Å². The van der Waals surface area contributed by atoms with E-state index in [0.29, 0.717) is 16.8 Å². The Balaban J connectivity index is 2.43. The molecule has 0 aliphatic carbocycles. The number of aromatic nitrogens is 3. The maximum absolute atomic E-state index is 12.3. The van der Waals surface area contributed by atoms with E-state index in [1.807, 2.05) is 12.3 Å². The lowest BCUT2D eigenvalue weighted by Crippen LogP contribution is -2.34. The summed E-state index contributed by atoms with van der Waals surface area (Å²) < 4.78 is 1.22. The van der Waals surface area contributed by atoms with E-state index >= 15 is 0 Å². The molecule has 7 heteroatoms. The highest BCUT2D eigenvalue weighted by Crippen LogP contribution is 2.36. The van der Waals surface area contributed by atoms with E-state index in [2.05, 4.69) is 9.97 Å². The van der Waals surface area contributed by atoms with Crippen molar-refractivity contribution in [3.63, 3.8) is 0 Å². The molecule has 0 atom stereocenters. The van der Waals surface area contributed by atoms with E-state index in [9.17, 15) is 9.59 Å². The number of thiophene rings is 1. The maximum atomic E-state index is 12.3. The van der Waals surface area contributed by atoms with Crippen LogP contribution < -0.4 is 11.2 Å². The van der Waals surface area contributed by atoms with Gasteiger partial charge in [-0.1, -0.05) is 0 Å². The van der Waals surface area contributed by atoms with Crippen LogP contribution in [0.2, 0.25) is 0 Å². The van der Waals surface area contributed by atoms with Gasteiger partial charge in [0, 0.05) is 18.1 Å². The predicted molar refractivity (Wildman–Crippen MR) is 78.2 cm³/mol. The van der Waals surface area contributed by atoms with Crippen molar-refractivity contribution in [2.45, 2.75) is 20.4 Å². The lowest BCUT2D eigenvalue weighted by Gasteiger charge is -2.00. The number of aromatic amines is 1. The van der Waals surface area contributed by atoms with Crippen molar-refractivity contribution in [3.05, 3.63) is 38.0 Å². The molecule has 19 heavy (non-hydrogen) atoms. The van der Waals surface area contributed by atoms with Crippen molar-refractivity contribution in [2.75, 3.05) is 0 Å². The summed E-state index contributed by atoms with van der Waals surface area (Å²) >= 11 is 2.93. The van der Waals surface area contributed by atoms with Crippen molar-refractivity contribution in [1.82, 2.24) is 14.5 Å².